The molecule has 0 N–H and O–H groups in total. The highest BCUT2D eigenvalue weighted by molar-refractivity contribution is 7.18. The van der Waals surface area contributed by atoms with Gasteiger partial charge in [0.25, 0.3) is 0 Å². The van der Waals surface area contributed by atoms with E-state index in [4.69, 9.17) is 14.7 Å². The zero-order valence-corrected chi connectivity index (χ0v) is 20.0. The Morgan fingerprint density at radius 3 is 2.32 bits per heavy atom. The molecule has 0 amide bonds. The summed E-state index contributed by atoms with van der Waals surface area (Å²) < 4.78 is 8.04. The van der Waals surface area contributed by atoms with Crippen molar-refractivity contribution >= 4 is 27.4 Å². The van der Waals surface area contributed by atoms with Gasteiger partial charge in [-0.05, 0) is 58.2 Å². The van der Waals surface area contributed by atoms with Crippen LogP contribution in [0.25, 0.3) is 10.2 Å². The van der Waals surface area contributed by atoms with E-state index in [9.17, 15) is 0 Å². The maximum absolute atomic E-state index is 5.51. The Balaban J connectivity index is 1.43. The zero-order chi connectivity index (χ0) is 21.5. The molecule has 2 saturated heterocycles. The first-order valence-electron chi connectivity index (χ1n) is 11.5. The first-order valence-corrected chi connectivity index (χ1v) is 12.3. The number of thiophene rings is 1. The van der Waals surface area contributed by atoms with Gasteiger partial charge in [0.2, 0.25) is 0 Å². The van der Waals surface area contributed by atoms with E-state index in [0.29, 0.717) is 6.04 Å². The molecule has 6 nitrogen and oxygen atoms in total. The average Bonchev–Trinajstić information content (AvgIpc) is 3.26. The third kappa shape index (κ3) is 3.99. The van der Waals surface area contributed by atoms with Gasteiger partial charge in [0.05, 0.1) is 25.1 Å². The van der Waals surface area contributed by atoms with Crippen LogP contribution in [-0.2, 0) is 11.3 Å². The Morgan fingerprint density at radius 2 is 1.65 bits per heavy atom. The number of nitrogens with zero attached hydrogens (tertiary/aromatic N) is 5. The monoisotopic (exact) mass is 439 g/mol. The lowest BCUT2D eigenvalue weighted by molar-refractivity contribution is 0.0331. The van der Waals surface area contributed by atoms with Gasteiger partial charge >= 0.3 is 0 Å². The number of fused-ring (bicyclic) bond motifs is 1. The zero-order valence-electron chi connectivity index (χ0n) is 19.1. The van der Waals surface area contributed by atoms with Gasteiger partial charge < -0.3 is 14.2 Å². The number of hydrogen-bond donors (Lipinski definition) is 0. The molecule has 0 spiro atoms. The van der Waals surface area contributed by atoms with Crippen molar-refractivity contribution in [1.29, 1.82) is 0 Å². The number of aromatic nitrogens is 3. The first-order chi connectivity index (χ1) is 15.0. The van der Waals surface area contributed by atoms with Crippen molar-refractivity contribution in [3.05, 3.63) is 39.8 Å². The Morgan fingerprint density at radius 1 is 0.968 bits per heavy atom. The standard InChI is InChI=1S/C24H33N5OS/c1-16-5-6-17(2)29(16)20-7-9-28(10-8-20)23-22-18(3)19(4)31-24(22)26-21(25-23)15-27-11-13-30-14-12-27/h5-6,20H,7-15H2,1-4H3. The summed E-state index contributed by atoms with van der Waals surface area (Å²) in [6, 6.07) is 5.07. The van der Waals surface area contributed by atoms with Gasteiger partial charge in [0.15, 0.2) is 0 Å². The van der Waals surface area contributed by atoms with Crippen molar-refractivity contribution in [2.75, 3.05) is 44.3 Å². The van der Waals surface area contributed by atoms with E-state index in [1.807, 2.05) is 11.3 Å². The van der Waals surface area contributed by atoms with Crippen molar-refractivity contribution in [1.82, 2.24) is 19.4 Å². The van der Waals surface area contributed by atoms with E-state index in [2.05, 4.69) is 54.2 Å². The van der Waals surface area contributed by atoms with Crippen LogP contribution in [-0.4, -0.2) is 58.8 Å². The lowest BCUT2D eigenvalue weighted by Gasteiger charge is -2.35. The van der Waals surface area contributed by atoms with Crippen LogP contribution in [0.1, 0.15) is 46.5 Å². The van der Waals surface area contributed by atoms with E-state index in [1.54, 1.807) is 0 Å². The van der Waals surface area contributed by atoms with Crippen molar-refractivity contribution in [3.63, 3.8) is 0 Å². The summed E-state index contributed by atoms with van der Waals surface area (Å²) in [5.41, 5.74) is 4.09. The number of aryl methyl sites for hydroxylation is 4. The van der Waals surface area contributed by atoms with Crippen LogP contribution in [0.4, 0.5) is 5.82 Å². The predicted octanol–water partition coefficient (Wildman–Crippen LogP) is 4.40. The Hall–Kier alpha value is -1.96. The molecule has 166 valence electrons. The molecule has 5 heterocycles. The summed E-state index contributed by atoms with van der Waals surface area (Å²) >= 11 is 1.81. The third-order valence-electron chi connectivity index (χ3n) is 6.98. The second kappa shape index (κ2) is 8.52. The van der Waals surface area contributed by atoms with Crippen molar-refractivity contribution in [2.45, 2.75) is 53.1 Å². The summed E-state index contributed by atoms with van der Waals surface area (Å²) in [6.07, 6.45) is 2.31. The second-order valence-corrected chi connectivity index (χ2v) is 10.2. The lowest BCUT2D eigenvalue weighted by Crippen LogP contribution is -2.37. The van der Waals surface area contributed by atoms with Crippen LogP contribution in [0, 0.1) is 27.7 Å². The lowest BCUT2D eigenvalue weighted by atomic mass is 10.0. The van der Waals surface area contributed by atoms with E-state index in [0.717, 1.165) is 75.3 Å². The molecular formula is C24H33N5OS. The van der Waals surface area contributed by atoms with Crippen LogP contribution < -0.4 is 4.90 Å². The summed E-state index contributed by atoms with van der Waals surface area (Å²) in [5, 5.41) is 1.26. The Bertz CT molecular complexity index is 1050. The fraction of sp³-hybridized carbons (Fsp3) is 0.583. The third-order valence-corrected chi connectivity index (χ3v) is 8.08. The van der Waals surface area contributed by atoms with E-state index in [-0.39, 0.29) is 0 Å². The molecule has 2 aliphatic rings. The highest BCUT2D eigenvalue weighted by atomic mass is 32.1. The van der Waals surface area contributed by atoms with E-state index in [1.165, 1.54) is 27.2 Å². The highest BCUT2D eigenvalue weighted by Crippen LogP contribution is 2.37. The topological polar surface area (TPSA) is 46.4 Å². The minimum absolute atomic E-state index is 0.585. The number of piperidine rings is 1. The summed E-state index contributed by atoms with van der Waals surface area (Å²) in [5.74, 6) is 2.10. The van der Waals surface area contributed by atoms with Gasteiger partial charge in [0.1, 0.15) is 16.5 Å². The normalized spacial score (nSPS) is 18.9. The second-order valence-electron chi connectivity index (χ2n) is 9.02. The summed E-state index contributed by atoms with van der Waals surface area (Å²) in [4.78, 5) is 17.5. The van der Waals surface area contributed by atoms with Crippen molar-refractivity contribution < 1.29 is 4.74 Å². The maximum atomic E-state index is 5.51. The number of ether oxygens (including phenoxy) is 1. The number of morpholine rings is 1. The minimum Gasteiger partial charge on any atom is -0.379 e. The fourth-order valence-corrected chi connectivity index (χ4v) is 6.16. The summed E-state index contributed by atoms with van der Waals surface area (Å²) in [7, 11) is 0. The van der Waals surface area contributed by atoms with Crippen LogP contribution in [0.15, 0.2) is 12.1 Å². The molecule has 0 unspecified atom stereocenters. The van der Waals surface area contributed by atoms with Crippen LogP contribution in [0.3, 0.4) is 0 Å². The summed E-state index contributed by atoms with van der Waals surface area (Å²) in [6.45, 7) is 15.3. The number of rotatable bonds is 4. The van der Waals surface area contributed by atoms with Gasteiger partial charge in [-0.2, -0.15) is 0 Å². The Labute approximate surface area is 188 Å². The molecule has 7 heteroatoms. The molecule has 0 saturated carbocycles. The smallest absolute Gasteiger partial charge is 0.146 e. The van der Waals surface area contributed by atoms with Gasteiger partial charge in [-0.1, -0.05) is 0 Å². The minimum atomic E-state index is 0.585. The fourth-order valence-electron chi connectivity index (χ4n) is 5.12. The highest BCUT2D eigenvalue weighted by Gasteiger charge is 2.26. The predicted molar refractivity (Wildman–Crippen MR) is 127 cm³/mol. The number of hydrogen-bond acceptors (Lipinski definition) is 6. The molecule has 2 aliphatic heterocycles. The molecule has 3 aromatic rings. The Kier molecular flexibility index (Phi) is 5.75. The maximum Gasteiger partial charge on any atom is 0.146 e. The quantitative estimate of drug-likeness (QED) is 0.603. The molecule has 31 heavy (non-hydrogen) atoms. The molecule has 0 aromatic carbocycles. The number of anilines is 1. The van der Waals surface area contributed by atoms with Crippen LogP contribution in [0.2, 0.25) is 0 Å². The van der Waals surface area contributed by atoms with E-state index < -0.39 is 0 Å². The SMILES string of the molecule is Cc1sc2nc(CN3CCOCC3)nc(N3CCC(n4c(C)ccc4C)CC3)c2c1C. The van der Waals surface area contributed by atoms with Gasteiger partial charge in [0, 0.05) is 48.5 Å². The molecule has 5 rings (SSSR count). The van der Waals surface area contributed by atoms with Gasteiger partial charge in [-0.25, -0.2) is 9.97 Å². The molecule has 0 bridgehead atoms. The van der Waals surface area contributed by atoms with Crippen molar-refractivity contribution in [2.24, 2.45) is 0 Å². The average molecular weight is 440 g/mol. The molecule has 0 radical (unpaired) electrons. The molecule has 0 atom stereocenters. The van der Waals surface area contributed by atoms with Crippen molar-refractivity contribution in [3.8, 4) is 0 Å². The molecular weight excluding hydrogens is 406 g/mol. The van der Waals surface area contributed by atoms with Gasteiger partial charge in [-0.3, -0.25) is 4.90 Å². The van der Waals surface area contributed by atoms with E-state index >= 15 is 0 Å². The molecule has 0 aliphatic carbocycles. The first kappa shape index (κ1) is 20.9. The molecule has 2 fully saturated rings. The largest absolute Gasteiger partial charge is 0.379 e. The van der Waals surface area contributed by atoms with Gasteiger partial charge in [-0.15, -0.1) is 11.3 Å². The molecule has 3 aromatic heterocycles. The van der Waals surface area contributed by atoms with Crippen LogP contribution in [0.5, 0.6) is 0 Å². The van der Waals surface area contributed by atoms with Crippen LogP contribution >= 0.6 is 11.3 Å².